The molecule has 518 valence electrons. The average Bonchev–Trinajstić information content (AvgIpc) is 3.74. The van der Waals surface area contributed by atoms with E-state index in [4.69, 9.17) is 24.3 Å². The molecule has 0 fully saturated rings. The van der Waals surface area contributed by atoms with Crippen molar-refractivity contribution in [2.75, 3.05) is 26.4 Å². The number of carbonyl (C=O) groups excluding carboxylic acids is 2. The van der Waals surface area contributed by atoms with Crippen LogP contribution in [0.15, 0.2) is 158 Å². The highest BCUT2D eigenvalue weighted by Gasteiger charge is 2.26. The van der Waals surface area contributed by atoms with Crippen molar-refractivity contribution in [1.82, 2.24) is 0 Å². The third kappa shape index (κ3) is 74.5. The minimum atomic E-state index is -4.40. The molecule has 0 aliphatic rings. The van der Waals surface area contributed by atoms with Crippen molar-refractivity contribution in [1.29, 1.82) is 0 Å². The Morgan fingerprint density at radius 2 is 0.571 bits per heavy atom. The highest BCUT2D eigenvalue weighted by atomic mass is 31.2. The van der Waals surface area contributed by atoms with Crippen LogP contribution in [0.4, 0.5) is 0 Å². The second kappa shape index (κ2) is 74.7. The van der Waals surface area contributed by atoms with Crippen LogP contribution in [0.5, 0.6) is 0 Å². The van der Waals surface area contributed by atoms with Gasteiger partial charge in [0, 0.05) is 19.4 Å². The van der Waals surface area contributed by atoms with E-state index in [1.165, 1.54) is 154 Å². The lowest BCUT2D eigenvalue weighted by Gasteiger charge is -2.19. The van der Waals surface area contributed by atoms with Crippen molar-refractivity contribution in [3.05, 3.63) is 158 Å². The lowest BCUT2D eigenvalue weighted by Crippen LogP contribution is -2.29. The maximum atomic E-state index is 12.8. The summed E-state index contributed by atoms with van der Waals surface area (Å²) in [6.07, 6.45) is 109. The Labute approximate surface area is 559 Å². The third-order valence-electron chi connectivity index (χ3n) is 15.4. The standard InChI is InChI=1S/C81H136NO8P/c1-3-5-7-9-11-13-15-17-19-21-23-25-27-29-31-33-35-37-38-39-40-42-44-46-48-50-52-54-56-58-60-62-64-66-68-70-72-74-81(84)90-79(78-89-91(85,86)88-76-75-82)77-87-80(83)73-71-69-67-65-63-61-59-57-55-53-51-49-47-45-43-41-36-34-32-30-28-26-24-22-20-18-16-14-12-10-8-6-4-2/h5-8,11-14,17-20,23-26,29-32,35-37,39-41,79H,3-4,9-10,15-16,21-22,27-28,33-34,38,42-78,82H2,1-2H3,(H,85,86)/b7-5-,8-6-,13-11-,14-12-,19-17-,20-18-,25-23-,26-24-,31-29-,32-30-,37-35-,40-39-,41-36-. The van der Waals surface area contributed by atoms with Crippen LogP contribution in [0.25, 0.3) is 0 Å². The van der Waals surface area contributed by atoms with Crippen molar-refractivity contribution in [3.63, 3.8) is 0 Å². The van der Waals surface area contributed by atoms with Crippen molar-refractivity contribution < 1.29 is 37.6 Å². The zero-order valence-electron chi connectivity index (χ0n) is 58.3. The molecule has 0 aromatic carbocycles. The van der Waals surface area contributed by atoms with Crippen LogP contribution in [0.1, 0.15) is 309 Å². The molecular formula is C81H136NO8P. The number of phosphoric ester groups is 1. The number of rotatable bonds is 68. The number of hydrogen-bond donors (Lipinski definition) is 2. The van der Waals surface area contributed by atoms with Gasteiger partial charge in [0.2, 0.25) is 0 Å². The van der Waals surface area contributed by atoms with Crippen LogP contribution in [0.3, 0.4) is 0 Å². The zero-order chi connectivity index (χ0) is 65.8. The van der Waals surface area contributed by atoms with Crippen molar-refractivity contribution >= 4 is 19.8 Å². The Hall–Kier alpha value is -4.37. The highest BCUT2D eigenvalue weighted by molar-refractivity contribution is 7.47. The predicted molar refractivity (Wildman–Crippen MR) is 394 cm³/mol. The molecule has 0 bridgehead atoms. The summed E-state index contributed by atoms with van der Waals surface area (Å²) in [5.41, 5.74) is 5.41. The molecule has 2 atom stereocenters. The second-order valence-electron chi connectivity index (χ2n) is 24.0. The van der Waals surface area contributed by atoms with Crippen LogP contribution in [-0.2, 0) is 32.7 Å². The molecule has 10 heteroatoms. The first-order valence-corrected chi connectivity index (χ1v) is 38.5. The first-order chi connectivity index (χ1) is 44.8. The SMILES string of the molecule is CC/C=C\C/C=C\C/C=C\C/C=C\C/C=C\C/C=C\C/C=C\CCCCCCCCCCCCCCCCCC(=O)OC(COC(=O)CCCCCCCCCCCCCCCC/C=C\C/C=C\C/C=C\C/C=C\C/C=C\C/C=C\CC)COP(=O)(O)OCCN. The van der Waals surface area contributed by atoms with Crippen LogP contribution >= 0.6 is 7.82 Å². The lowest BCUT2D eigenvalue weighted by molar-refractivity contribution is -0.161. The van der Waals surface area contributed by atoms with E-state index in [-0.39, 0.29) is 38.6 Å². The van der Waals surface area contributed by atoms with Crippen LogP contribution < -0.4 is 5.73 Å². The monoisotopic (exact) mass is 1280 g/mol. The fourth-order valence-corrected chi connectivity index (χ4v) is 10.8. The minimum absolute atomic E-state index is 0.0480. The predicted octanol–water partition coefficient (Wildman–Crippen LogP) is 24.7. The molecule has 0 aliphatic heterocycles. The van der Waals surface area contributed by atoms with E-state index in [9.17, 15) is 19.0 Å². The van der Waals surface area contributed by atoms with Gasteiger partial charge in [-0.1, -0.05) is 332 Å². The third-order valence-corrected chi connectivity index (χ3v) is 16.4. The van der Waals surface area contributed by atoms with Crippen LogP contribution in [0, 0.1) is 0 Å². The lowest BCUT2D eigenvalue weighted by atomic mass is 10.0. The van der Waals surface area contributed by atoms with Gasteiger partial charge in [-0.15, -0.1) is 0 Å². The molecule has 0 aromatic rings. The number of nitrogens with two attached hydrogens (primary N) is 1. The van der Waals surface area contributed by atoms with Crippen molar-refractivity contribution in [2.24, 2.45) is 5.73 Å². The van der Waals surface area contributed by atoms with Gasteiger partial charge in [-0.25, -0.2) is 4.57 Å². The van der Waals surface area contributed by atoms with Crippen LogP contribution in [-0.4, -0.2) is 49.3 Å². The molecule has 0 saturated carbocycles. The summed E-state index contributed by atoms with van der Waals surface area (Å²) in [4.78, 5) is 35.4. The van der Waals surface area contributed by atoms with Gasteiger partial charge >= 0.3 is 19.8 Å². The summed E-state index contributed by atoms with van der Waals surface area (Å²) in [6, 6.07) is 0. The highest BCUT2D eigenvalue weighted by Crippen LogP contribution is 2.43. The number of allylic oxidation sites excluding steroid dienone is 26. The molecule has 0 spiro atoms. The molecule has 0 heterocycles. The van der Waals surface area contributed by atoms with Crippen molar-refractivity contribution in [2.45, 2.75) is 315 Å². The fourth-order valence-electron chi connectivity index (χ4n) is 10.0. The number of hydrogen-bond acceptors (Lipinski definition) is 8. The second-order valence-corrected chi connectivity index (χ2v) is 25.5. The van der Waals surface area contributed by atoms with Gasteiger partial charge < -0.3 is 20.1 Å². The normalized spacial score (nSPS) is 13.8. The number of esters is 2. The topological polar surface area (TPSA) is 134 Å². The van der Waals surface area contributed by atoms with E-state index < -0.39 is 26.5 Å². The summed E-state index contributed by atoms with van der Waals surface area (Å²) < 4.78 is 33.2. The van der Waals surface area contributed by atoms with Gasteiger partial charge in [-0.3, -0.25) is 18.6 Å². The van der Waals surface area contributed by atoms with Gasteiger partial charge in [0.25, 0.3) is 0 Å². The zero-order valence-corrected chi connectivity index (χ0v) is 59.2. The maximum Gasteiger partial charge on any atom is 0.472 e. The largest absolute Gasteiger partial charge is 0.472 e. The Morgan fingerprint density at radius 1 is 0.330 bits per heavy atom. The maximum absolute atomic E-state index is 12.8. The van der Waals surface area contributed by atoms with E-state index in [1.807, 2.05) is 0 Å². The molecule has 0 aliphatic carbocycles. The Morgan fingerprint density at radius 3 is 0.846 bits per heavy atom. The first kappa shape index (κ1) is 86.6. The van der Waals surface area contributed by atoms with Gasteiger partial charge in [0.1, 0.15) is 6.61 Å². The molecule has 91 heavy (non-hydrogen) atoms. The Bertz CT molecular complexity index is 2050. The van der Waals surface area contributed by atoms with Gasteiger partial charge in [0.05, 0.1) is 13.2 Å². The van der Waals surface area contributed by atoms with Gasteiger partial charge in [-0.05, 0) is 122 Å². The van der Waals surface area contributed by atoms with E-state index >= 15 is 0 Å². The molecule has 0 saturated heterocycles. The molecule has 3 N–H and O–H groups in total. The Kier molecular flexibility index (Phi) is 71.1. The van der Waals surface area contributed by atoms with Gasteiger partial charge in [0.15, 0.2) is 6.10 Å². The Balaban J connectivity index is 3.89. The molecule has 2 unspecified atom stereocenters. The van der Waals surface area contributed by atoms with E-state index in [0.717, 1.165) is 122 Å². The van der Waals surface area contributed by atoms with E-state index in [1.54, 1.807) is 0 Å². The number of phosphoric acid groups is 1. The molecule has 0 rings (SSSR count). The molecule has 0 amide bonds. The smallest absolute Gasteiger partial charge is 0.462 e. The summed E-state index contributed by atoms with van der Waals surface area (Å²) in [5, 5.41) is 0. The minimum Gasteiger partial charge on any atom is -0.462 e. The molecule has 0 radical (unpaired) electrons. The van der Waals surface area contributed by atoms with E-state index in [2.05, 4.69) is 172 Å². The van der Waals surface area contributed by atoms with Gasteiger partial charge in [-0.2, -0.15) is 0 Å². The van der Waals surface area contributed by atoms with E-state index in [0.29, 0.717) is 6.42 Å². The average molecular weight is 1280 g/mol. The fraction of sp³-hybridized carbons (Fsp3) is 0.654. The number of carbonyl (C=O) groups is 2. The molecule has 9 nitrogen and oxygen atoms in total. The number of ether oxygens (including phenoxy) is 2. The van der Waals surface area contributed by atoms with Crippen LogP contribution in [0.2, 0.25) is 0 Å². The summed E-state index contributed by atoms with van der Waals surface area (Å²) in [6.45, 7) is 3.53. The first-order valence-electron chi connectivity index (χ1n) is 37.0. The molecular weight excluding hydrogens is 1150 g/mol. The summed E-state index contributed by atoms with van der Waals surface area (Å²) in [5.74, 6) is -0.827. The summed E-state index contributed by atoms with van der Waals surface area (Å²) in [7, 11) is -4.40. The summed E-state index contributed by atoms with van der Waals surface area (Å²) >= 11 is 0. The number of unbranched alkanes of at least 4 members (excludes halogenated alkanes) is 29. The quantitative estimate of drug-likeness (QED) is 0.0264. The van der Waals surface area contributed by atoms with Crippen molar-refractivity contribution in [3.8, 4) is 0 Å². The molecule has 0 aromatic heterocycles.